The van der Waals surface area contributed by atoms with Crippen molar-refractivity contribution in [3.05, 3.63) is 58.8 Å². The maximum atomic E-state index is 13.5. The van der Waals surface area contributed by atoms with Crippen LogP contribution < -0.4 is 5.32 Å². The number of hydrogen-bond donors (Lipinski definition) is 1. The topological polar surface area (TPSA) is 54.5 Å². The molecule has 2 atom stereocenters. The molecule has 0 radical (unpaired) electrons. The molecule has 0 spiro atoms. The van der Waals surface area contributed by atoms with Crippen LogP contribution in [0, 0.1) is 0 Å². The highest BCUT2D eigenvalue weighted by atomic mass is 19.3. The zero-order valence-electron chi connectivity index (χ0n) is 20.2. The minimum atomic E-state index is -2.89. The molecule has 0 aliphatic carbocycles. The molecule has 2 aromatic rings. The number of aromatic nitrogens is 1. The minimum absolute atomic E-state index is 0.0173. The van der Waals surface area contributed by atoms with E-state index in [2.05, 4.69) is 22.3 Å². The van der Waals surface area contributed by atoms with Crippen molar-refractivity contribution in [3.8, 4) is 0 Å². The highest BCUT2D eigenvalue weighted by Crippen LogP contribution is 2.31. The van der Waals surface area contributed by atoms with Crippen LogP contribution in [0.2, 0.25) is 0 Å². The zero-order chi connectivity index (χ0) is 24.1. The van der Waals surface area contributed by atoms with Crippen LogP contribution >= 0.6 is 0 Å². The number of ketones is 1. The summed E-state index contributed by atoms with van der Waals surface area (Å²) < 4.78 is 33.2. The standard InChI is InChI=1S/C27H35F2N3O2/c1-19(33)25(20-8-11-22(12-9-20)27(2,28)29)32-16-14-24(18-32)34-17-4-3-7-23-13-10-21-6-5-15-30-26(21)31-23/h8-13,24-25H,3-7,14-18H2,1-2H3,(H,30,31)/t24-,25-/m1/s1. The average Bonchev–Trinajstić information content (AvgIpc) is 3.26. The number of unbranched alkanes of at least 4 members (excludes halogenated alkanes) is 1. The first-order valence-corrected chi connectivity index (χ1v) is 12.4. The number of aryl methyl sites for hydroxylation is 2. The molecular weight excluding hydrogens is 436 g/mol. The molecule has 0 amide bonds. The zero-order valence-corrected chi connectivity index (χ0v) is 20.2. The third-order valence-electron chi connectivity index (χ3n) is 6.79. The Kier molecular flexibility index (Phi) is 7.94. The van der Waals surface area contributed by atoms with Gasteiger partial charge in [-0.3, -0.25) is 9.69 Å². The van der Waals surface area contributed by atoms with E-state index in [1.807, 2.05) is 0 Å². The fourth-order valence-electron chi connectivity index (χ4n) is 4.95. The van der Waals surface area contributed by atoms with E-state index in [-0.39, 0.29) is 17.5 Å². The van der Waals surface area contributed by atoms with E-state index >= 15 is 0 Å². The van der Waals surface area contributed by atoms with Crippen LogP contribution in [-0.2, 0) is 28.3 Å². The number of pyridine rings is 1. The summed E-state index contributed by atoms with van der Waals surface area (Å²) in [7, 11) is 0. The summed E-state index contributed by atoms with van der Waals surface area (Å²) in [5.41, 5.74) is 3.15. The Hall–Kier alpha value is -2.38. The summed E-state index contributed by atoms with van der Waals surface area (Å²) in [5.74, 6) is -1.82. The van der Waals surface area contributed by atoms with Crippen molar-refractivity contribution >= 4 is 11.6 Å². The largest absolute Gasteiger partial charge is 0.377 e. The van der Waals surface area contributed by atoms with Crippen molar-refractivity contribution in [3.63, 3.8) is 0 Å². The van der Waals surface area contributed by atoms with E-state index in [9.17, 15) is 13.6 Å². The van der Waals surface area contributed by atoms with Crippen LogP contribution in [0.15, 0.2) is 36.4 Å². The molecule has 5 nitrogen and oxygen atoms in total. The molecule has 1 aromatic heterocycles. The van der Waals surface area contributed by atoms with E-state index in [0.29, 0.717) is 13.2 Å². The summed E-state index contributed by atoms with van der Waals surface area (Å²) >= 11 is 0. The molecule has 1 fully saturated rings. The van der Waals surface area contributed by atoms with Crippen molar-refractivity contribution in [2.24, 2.45) is 0 Å². The lowest BCUT2D eigenvalue weighted by Gasteiger charge is -2.26. The fraction of sp³-hybridized carbons (Fsp3) is 0.556. The molecular formula is C27H35F2N3O2. The molecule has 184 valence electrons. The highest BCUT2D eigenvalue weighted by molar-refractivity contribution is 5.83. The molecule has 7 heteroatoms. The van der Waals surface area contributed by atoms with Gasteiger partial charge in [-0.15, -0.1) is 0 Å². The van der Waals surface area contributed by atoms with Crippen molar-refractivity contribution in [1.29, 1.82) is 0 Å². The van der Waals surface area contributed by atoms with Gasteiger partial charge in [0, 0.05) is 44.4 Å². The van der Waals surface area contributed by atoms with Gasteiger partial charge in [0.15, 0.2) is 5.78 Å². The van der Waals surface area contributed by atoms with Crippen molar-refractivity contribution in [2.45, 2.75) is 70.4 Å². The molecule has 1 N–H and O–H groups in total. The molecule has 4 rings (SSSR count). The smallest absolute Gasteiger partial charge is 0.270 e. The lowest BCUT2D eigenvalue weighted by molar-refractivity contribution is -0.122. The number of Topliss-reactive ketones (excluding diaryl/α,β-unsaturated/α-hetero) is 1. The molecule has 1 aromatic carbocycles. The molecule has 2 aliphatic heterocycles. The number of fused-ring (bicyclic) bond motifs is 1. The second-order valence-corrected chi connectivity index (χ2v) is 9.60. The minimum Gasteiger partial charge on any atom is -0.377 e. The number of carbonyl (C=O) groups excluding carboxylic acids is 1. The SMILES string of the molecule is CC(=O)[C@H](c1ccc(C(C)(F)F)cc1)N1CC[C@@H](OCCCCc2ccc3c(n2)NCCC3)C1. The van der Waals surface area contributed by atoms with E-state index in [1.165, 1.54) is 24.1 Å². The summed E-state index contributed by atoms with van der Waals surface area (Å²) in [4.78, 5) is 19.3. The predicted octanol–water partition coefficient (Wildman–Crippen LogP) is 5.30. The van der Waals surface area contributed by atoms with Crippen LogP contribution in [-0.4, -0.2) is 48.0 Å². The molecule has 0 bridgehead atoms. The number of likely N-dealkylation sites (tertiary alicyclic amines) is 1. The van der Waals surface area contributed by atoms with E-state index < -0.39 is 12.0 Å². The van der Waals surface area contributed by atoms with Gasteiger partial charge in [-0.1, -0.05) is 30.3 Å². The van der Waals surface area contributed by atoms with Crippen molar-refractivity contribution in [1.82, 2.24) is 9.88 Å². The number of nitrogens with zero attached hydrogens (tertiary/aromatic N) is 2. The number of carbonyl (C=O) groups is 1. The second-order valence-electron chi connectivity index (χ2n) is 9.60. The quantitative estimate of drug-likeness (QED) is 0.477. The number of alkyl halides is 2. The number of rotatable bonds is 10. The lowest BCUT2D eigenvalue weighted by atomic mass is 9.99. The van der Waals surface area contributed by atoms with Gasteiger partial charge < -0.3 is 10.1 Å². The summed E-state index contributed by atoms with van der Waals surface area (Å²) in [6, 6.07) is 10.1. The second kappa shape index (κ2) is 10.9. The van der Waals surface area contributed by atoms with Crippen molar-refractivity contribution in [2.75, 3.05) is 31.6 Å². The van der Waals surface area contributed by atoms with Gasteiger partial charge in [-0.2, -0.15) is 0 Å². The van der Waals surface area contributed by atoms with Crippen molar-refractivity contribution < 1.29 is 18.3 Å². The predicted molar refractivity (Wildman–Crippen MR) is 129 cm³/mol. The molecule has 0 saturated carbocycles. The maximum Gasteiger partial charge on any atom is 0.270 e. The highest BCUT2D eigenvalue weighted by Gasteiger charge is 2.33. The van der Waals surface area contributed by atoms with Crippen LogP contribution in [0.1, 0.15) is 68.0 Å². The van der Waals surface area contributed by atoms with Crippen LogP contribution in [0.4, 0.5) is 14.6 Å². The lowest BCUT2D eigenvalue weighted by Crippen LogP contribution is -2.32. The van der Waals surface area contributed by atoms with Gasteiger partial charge in [0.2, 0.25) is 0 Å². The Balaban J connectivity index is 1.22. The Morgan fingerprint density at radius 1 is 1.24 bits per heavy atom. The third-order valence-corrected chi connectivity index (χ3v) is 6.79. The number of anilines is 1. The molecule has 1 saturated heterocycles. The number of nitrogens with one attached hydrogen (secondary N) is 1. The third kappa shape index (κ3) is 6.19. The normalized spacial score (nSPS) is 19.5. The maximum absolute atomic E-state index is 13.5. The molecule has 34 heavy (non-hydrogen) atoms. The average molecular weight is 472 g/mol. The number of halogens is 2. The van der Waals surface area contributed by atoms with E-state index in [0.717, 1.165) is 69.2 Å². The van der Waals surface area contributed by atoms with Crippen LogP contribution in [0.25, 0.3) is 0 Å². The van der Waals surface area contributed by atoms with Crippen LogP contribution in [0.5, 0.6) is 0 Å². The Labute approximate surface area is 200 Å². The van der Waals surface area contributed by atoms with Gasteiger partial charge in [-0.25, -0.2) is 13.8 Å². The Morgan fingerprint density at radius 3 is 2.76 bits per heavy atom. The first kappa shape index (κ1) is 24.7. The molecule has 3 heterocycles. The summed E-state index contributed by atoms with van der Waals surface area (Å²) in [6.07, 6.45) is 6.15. The summed E-state index contributed by atoms with van der Waals surface area (Å²) in [6.45, 7) is 5.56. The number of hydrogen-bond acceptors (Lipinski definition) is 5. The molecule has 0 unspecified atom stereocenters. The first-order valence-electron chi connectivity index (χ1n) is 12.4. The number of ether oxygens (including phenoxy) is 1. The van der Waals surface area contributed by atoms with Gasteiger partial charge in [0.25, 0.3) is 5.92 Å². The Bertz CT molecular complexity index is 975. The number of benzene rings is 1. The van der Waals surface area contributed by atoms with E-state index in [4.69, 9.17) is 9.72 Å². The monoisotopic (exact) mass is 471 g/mol. The molecule has 2 aliphatic rings. The van der Waals surface area contributed by atoms with Crippen LogP contribution in [0.3, 0.4) is 0 Å². The van der Waals surface area contributed by atoms with Gasteiger partial charge in [0.05, 0.1) is 12.1 Å². The van der Waals surface area contributed by atoms with Gasteiger partial charge >= 0.3 is 0 Å². The summed E-state index contributed by atoms with van der Waals surface area (Å²) in [5, 5.41) is 3.39. The Morgan fingerprint density at radius 2 is 2.03 bits per heavy atom. The van der Waals surface area contributed by atoms with Gasteiger partial charge in [-0.05, 0) is 62.6 Å². The first-order chi connectivity index (χ1) is 16.3. The van der Waals surface area contributed by atoms with Gasteiger partial charge in [0.1, 0.15) is 5.82 Å². The fourth-order valence-corrected chi connectivity index (χ4v) is 4.95. The van der Waals surface area contributed by atoms with E-state index in [1.54, 1.807) is 19.1 Å².